The predicted octanol–water partition coefficient (Wildman–Crippen LogP) is -0.0602. The summed E-state index contributed by atoms with van der Waals surface area (Å²) in [4.78, 5) is 0. The molecule has 0 amide bonds. The lowest BCUT2D eigenvalue weighted by atomic mass is 10.3. The van der Waals surface area contributed by atoms with Crippen molar-refractivity contribution >= 4 is 10.0 Å². The molecule has 1 heterocycles. The number of aliphatic hydroxyl groups is 1. The van der Waals surface area contributed by atoms with Crippen molar-refractivity contribution in [3.8, 4) is 0 Å². The van der Waals surface area contributed by atoms with Gasteiger partial charge in [0.05, 0.1) is 6.54 Å². The summed E-state index contributed by atoms with van der Waals surface area (Å²) in [5.41, 5.74) is 0. The lowest BCUT2D eigenvalue weighted by molar-refractivity contribution is -0.201. The van der Waals surface area contributed by atoms with E-state index in [2.05, 4.69) is 5.32 Å². The van der Waals surface area contributed by atoms with Gasteiger partial charge in [-0.2, -0.15) is 13.2 Å². The van der Waals surface area contributed by atoms with Crippen LogP contribution < -0.4 is 10.5 Å². The Balaban J connectivity index is 2.48. The Labute approximate surface area is 101 Å². The molecule has 0 aliphatic heterocycles. The summed E-state index contributed by atoms with van der Waals surface area (Å²) in [6.45, 7) is -0.891. The van der Waals surface area contributed by atoms with E-state index >= 15 is 0 Å². The SMILES string of the molecule is NS(=O)(=O)c1ccc(CNCC(O)C(F)(F)F)o1. The van der Waals surface area contributed by atoms with Crippen LogP contribution in [-0.2, 0) is 16.6 Å². The van der Waals surface area contributed by atoms with Crippen molar-refractivity contribution in [2.24, 2.45) is 5.14 Å². The molecule has 0 aliphatic carbocycles. The zero-order valence-corrected chi connectivity index (χ0v) is 9.75. The number of aliphatic hydroxyl groups excluding tert-OH is 1. The molecule has 104 valence electrons. The molecule has 1 aromatic rings. The Morgan fingerprint density at radius 3 is 2.50 bits per heavy atom. The summed E-state index contributed by atoms with van der Waals surface area (Å²) >= 11 is 0. The third-order valence-corrected chi connectivity index (χ3v) is 2.71. The van der Waals surface area contributed by atoms with Crippen LogP contribution in [0.4, 0.5) is 13.2 Å². The number of nitrogens with one attached hydrogen (secondary N) is 1. The molecule has 4 N–H and O–H groups in total. The van der Waals surface area contributed by atoms with E-state index in [-0.39, 0.29) is 12.3 Å². The molecular formula is C8H11F3N2O4S. The summed E-state index contributed by atoms with van der Waals surface area (Å²) in [5.74, 6) is 0.0911. The second-order valence-corrected chi connectivity index (χ2v) is 4.95. The highest BCUT2D eigenvalue weighted by molar-refractivity contribution is 7.89. The van der Waals surface area contributed by atoms with E-state index in [9.17, 15) is 21.6 Å². The van der Waals surface area contributed by atoms with E-state index in [0.717, 1.165) is 6.07 Å². The van der Waals surface area contributed by atoms with Gasteiger partial charge in [-0.05, 0) is 12.1 Å². The molecule has 0 spiro atoms. The Morgan fingerprint density at radius 2 is 2.06 bits per heavy atom. The highest BCUT2D eigenvalue weighted by atomic mass is 32.2. The molecule has 6 nitrogen and oxygen atoms in total. The van der Waals surface area contributed by atoms with Gasteiger partial charge in [0.1, 0.15) is 5.76 Å². The summed E-state index contributed by atoms with van der Waals surface area (Å²) in [7, 11) is -3.97. The van der Waals surface area contributed by atoms with Crippen LogP contribution in [0.1, 0.15) is 5.76 Å². The van der Waals surface area contributed by atoms with Crippen LogP contribution in [0, 0.1) is 0 Å². The predicted molar refractivity (Wildman–Crippen MR) is 53.8 cm³/mol. The van der Waals surface area contributed by atoms with Gasteiger partial charge in [0, 0.05) is 6.54 Å². The number of rotatable bonds is 5. The smallest absolute Gasteiger partial charge is 0.415 e. The highest BCUT2D eigenvalue weighted by Crippen LogP contribution is 2.19. The van der Waals surface area contributed by atoms with Crippen molar-refractivity contribution in [1.82, 2.24) is 5.32 Å². The molecule has 1 atom stereocenters. The fourth-order valence-corrected chi connectivity index (χ4v) is 1.53. The van der Waals surface area contributed by atoms with Crippen molar-refractivity contribution in [1.29, 1.82) is 0 Å². The van der Waals surface area contributed by atoms with Crippen molar-refractivity contribution in [2.45, 2.75) is 23.9 Å². The van der Waals surface area contributed by atoms with Gasteiger partial charge in [0.25, 0.3) is 10.0 Å². The first kappa shape index (κ1) is 15.0. The van der Waals surface area contributed by atoms with E-state index in [1.807, 2.05) is 0 Å². The van der Waals surface area contributed by atoms with Gasteiger partial charge >= 0.3 is 6.18 Å². The molecule has 0 fully saturated rings. The van der Waals surface area contributed by atoms with Gasteiger partial charge in [-0.15, -0.1) is 0 Å². The molecule has 0 saturated carbocycles. The van der Waals surface area contributed by atoms with Crippen LogP contribution in [0.25, 0.3) is 0 Å². The Morgan fingerprint density at radius 1 is 1.44 bits per heavy atom. The summed E-state index contributed by atoms with van der Waals surface area (Å²) in [6.07, 6.45) is -7.20. The third-order valence-electron chi connectivity index (χ3n) is 1.93. The fraction of sp³-hybridized carbons (Fsp3) is 0.500. The third kappa shape index (κ3) is 4.29. The molecule has 1 unspecified atom stereocenters. The standard InChI is InChI=1S/C8H11F3N2O4S/c9-8(10,11)6(14)4-13-3-5-1-2-7(17-5)18(12,15)16/h1-2,6,13-14H,3-4H2,(H2,12,15,16). The monoisotopic (exact) mass is 288 g/mol. The van der Waals surface area contributed by atoms with E-state index in [4.69, 9.17) is 14.7 Å². The minimum absolute atomic E-state index is 0.0911. The summed E-state index contributed by atoms with van der Waals surface area (Å²) in [6, 6.07) is 2.35. The van der Waals surface area contributed by atoms with Crippen LogP contribution in [0.5, 0.6) is 0 Å². The first-order valence-electron chi connectivity index (χ1n) is 4.67. The molecular weight excluding hydrogens is 277 g/mol. The molecule has 0 radical (unpaired) electrons. The summed E-state index contributed by atoms with van der Waals surface area (Å²) in [5, 5.41) is 15.2. The average Bonchev–Trinajstić information content (AvgIpc) is 2.64. The molecule has 1 rings (SSSR count). The molecule has 0 saturated heterocycles. The Hall–Kier alpha value is -1.10. The van der Waals surface area contributed by atoms with Crippen molar-refractivity contribution in [2.75, 3.05) is 6.54 Å². The number of hydrogen-bond acceptors (Lipinski definition) is 5. The maximum absolute atomic E-state index is 11.9. The highest BCUT2D eigenvalue weighted by Gasteiger charge is 2.37. The van der Waals surface area contributed by atoms with Gasteiger partial charge in [-0.1, -0.05) is 0 Å². The molecule has 1 aromatic heterocycles. The molecule has 0 bridgehead atoms. The normalized spacial score (nSPS) is 14.7. The maximum Gasteiger partial charge on any atom is 0.415 e. The first-order chi connectivity index (χ1) is 8.10. The molecule has 0 aliphatic rings. The quantitative estimate of drug-likeness (QED) is 0.704. The Kier molecular flexibility index (Phi) is 4.37. The van der Waals surface area contributed by atoms with E-state index in [0.29, 0.717) is 0 Å². The topological polar surface area (TPSA) is 106 Å². The summed E-state index contributed by atoms with van der Waals surface area (Å²) < 4.78 is 62.2. The van der Waals surface area contributed by atoms with Crippen molar-refractivity contribution < 1.29 is 31.1 Å². The van der Waals surface area contributed by atoms with Crippen molar-refractivity contribution in [3.63, 3.8) is 0 Å². The molecule has 18 heavy (non-hydrogen) atoms. The minimum atomic E-state index is -4.71. The lowest BCUT2D eigenvalue weighted by Gasteiger charge is -2.14. The fourth-order valence-electron chi connectivity index (χ4n) is 1.05. The number of alkyl halides is 3. The number of nitrogens with two attached hydrogens (primary N) is 1. The van der Waals surface area contributed by atoms with Crippen molar-refractivity contribution in [3.05, 3.63) is 17.9 Å². The van der Waals surface area contributed by atoms with Gasteiger partial charge < -0.3 is 14.8 Å². The second kappa shape index (κ2) is 5.26. The van der Waals surface area contributed by atoms with Gasteiger partial charge in [0.15, 0.2) is 6.10 Å². The number of primary sulfonamides is 1. The lowest BCUT2D eigenvalue weighted by Crippen LogP contribution is -2.38. The molecule has 10 heteroatoms. The number of sulfonamides is 1. The van der Waals surface area contributed by atoms with E-state index < -0.39 is 33.9 Å². The van der Waals surface area contributed by atoms with E-state index in [1.54, 1.807) is 0 Å². The minimum Gasteiger partial charge on any atom is -0.447 e. The van der Waals surface area contributed by atoms with Gasteiger partial charge in [-0.25, -0.2) is 13.6 Å². The average molecular weight is 288 g/mol. The van der Waals surface area contributed by atoms with Crippen LogP contribution in [0.15, 0.2) is 21.6 Å². The maximum atomic E-state index is 11.9. The number of halogens is 3. The van der Waals surface area contributed by atoms with Gasteiger partial charge in [-0.3, -0.25) is 0 Å². The van der Waals surface area contributed by atoms with Gasteiger partial charge in [0.2, 0.25) is 5.09 Å². The zero-order valence-electron chi connectivity index (χ0n) is 8.94. The van der Waals surface area contributed by atoms with Crippen LogP contribution in [-0.4, -0.2) is 32.3 Å². The zero-order chi connectivity index (χ0) is 14.0. The molecule has 0 aromatic carbocycles. The van der Waals surface area contributed by atoms with Crippen LogP contribution in [0.2, 0.25) is 0 Å². The van der Waals surface area contributed by atoms with Crippen LogP contribution >= 0.6 is 0 Å². The Bertz CT molecular complexity index is 497. The number of furan rings is 1. The van der Waals surface area contributed by atoms with E-state index in [1.165, 1.54) is 6.07 Å². The number of hydrogen-bond donors (Lipinski definition) is 3. The van der Waals surface area contributed by atoms with Crippen LogP contribution in [0.3, 0.4) is 0 Å². The first-order valence-corrected chi connectivity index (χ1v) is 6.22. The second-order valence-electron chi connectivity index (χ2n) is 3.45. The largest absolute Gasteiger partial charge is 0.447 e.